The van der Waals surface area contributed by atoms with Gasteiger partial charge >= 0.3 is 0 Å². The Labute approximate surface area is 54.9 Å². The Morgan fingerprint density at radius 2 is 1.78 bits per heavy atom. The summed E-state index contributed by atoms with van der Waals surface area (Å²) in [6.45, 7) is 0. The van der Waals surface area contributed by atoms with E-state index in [4.69, 9.17) is 5.11 Å². The van der Waals surface area contributed by atoms with Gasteiger partial charge in [-0.15, -0.1) is 0 Å². The predicted molar refractivity (Wildman–Crippen MR) is 34.0 cm³/mol. The van der Waals surface area contributed by atoms with E-state index in [1.54, 1.807) is 0 Å². The third-order valence-corrected chi connectivity index (χ3v) is 1.90. The Hall–Kier alpha value is -0.110. The van der Waals surface area contributed by atoms with E-state index >= 15 is 0 Å². The maximum atomic E-state index is 12.6. The van der Waals surface area contributed by atoms with Crippen LogP contribution in [0.4, 0.5) is 4.39 Å². The van der Waals surface area contributed by atoms with Crippen LogP contribution in [0.5, 0.6) is 0 Å². The summed E-state index contributed by atoms with van der Waals surface area (Å²) in [6, 6.07) is 0. The average Bonchev–Trinajstić information content (AvgIpc) is 1.99. The lowest BCUT2D eigenvalue weighted by atomic mass is 10.1. The van der Waals surface area contributed by atoms with Gasteiger partial charge in [0.05, 0.1) is 6.10 Å². The van der Waals surface area contributed by atoms with Crippen LogP contribution in [0.25, 0.3) is 0 Å². The molecule has 0 radical (unpaired) electrons. The molecule has 54 valence electrons. The maximum Gasteiger partial charge on any atom is 0.126 e. The normalized spacial score (nSPS) is 38.0. The molecular formula is C7H13FO. The fraction of sp³-hybridized carbons (Fsp3) is 1.00. The minimum atomic E-state index is -0.951. The van der Waals surface area contributed by atoms with Crippen molar-refractivity contribution < 1.29 is 9.50 Å². The lowest BCUT2D eigenvalue weighted by Gasteiger charge is -2.09. The van der Waals surface area contributed by atoms with Gasteiger partial charge in [-0.3, -0.25) is 0 Å². The van der Waals surface area contributed by atoms with Gasteiger partial charge in [0.25, 0.3) is 0 Å². The minimum Gasteiger partial charge on any atom is -0.390 e. The van der Waals surface area contributed by atoms with E-state index in [0.29, 0.717) is 12.8 Å². The fourth-order valence-electron chi connectivity index (χ4n) is 1.24. The van der Waals surface area contributed by atoms with Gasteiger partial charge in [0.1, 0.15) is 6.17 Å². The Morgan fingerprint density at radius 1 is 1.11 bits per heavy atom. The zero-order chi connectivity index (χ0) is 6.69. The van der Waals surface area contributed by atoms with Crippen molar-refractivity contribution in [2.45, 2.75) is 44.4 Å². The summed E-state index contributed by atoms with van der Waals surface area (Å²) in [4.78, 5) is 0. The maximum absolute atomic E-state index is 12.6. The predicted octanol–water partition coefficient (Wildman–Crippen LogP) is 1.65. The van der Waals surface area contributed by atoms with Gasteiger partial charge in [0.2, 0.25) is 0 Å². The summed E-state index contributed by atoms with van der Waals surface area (Å²) in [5, 5.41) is 8.98. The minimum absolute atomic E-state index is 0.557. The highest BCUT2D eigenvalue weighted by Gasteiger charge is 2.19. The molecule has 1 nitrogen and oxygen atoms in total. The van der Waals surface area contributed by atoms with Crippen molar-refractivity contribution in [3.63, 3.8) is 0 Å². The van der Waals surface area contributed by atoms with Crippen molar-refractivity contribution in [1.29, 1.82) is 0 Å². The first-order valence-corrected chi connectivity index (χ1v) is 3.63. The fourth-order valence-corrected chi connectivity index (χ4v) is 1.24. The molecule has 0 aromatic heterocycles. The van der Waals surface area contributed by atoms with Crippen molar-refractivity contribution in [3.05, 3.63) is 0 Å². The number of alkyl halides is 1. The zero-order valence-electron chi connectivity index (χ0n) is 5.52. The van der Waals surface area contributed by atoms with Crippen LogP contribution in [0.2, 0.25) is 0 Å². The SMILES string of the molecule is O[C@H]1CCCCC[C@@H]1F. The van der Waals surface area contributed by atoms with Crippen molar-refractivity contribution >= 4 is 0 Å². The molecule has 0 amide bonds. The zero-order valence-corrected chi connectivity index (χ0v) is 5.52. The van der Waals surface area contributed by atoms with E-state index in [9.17, 15) is 4.39 Å². The Balaban J connectivity index is 2.32. The van der Waals surface area contributed by atoms with Crippen molar-refractivity contribution in [2.75, 3.05) is 0 Å². The molecule has 1 fully saturated rings. The van der Waals surface area contributed by atoms with Crippen LogP contribution < -0.4 is 0 Å². The number of rotatable bonds is 0. The van der Waals surface area contributed by atoms with E-state index < -0.39 is 12.3 Å². The number of aliphatic hydroxyl groups excluding tert-OH is 1. The molecule has 0 heterocycles. The van der Waals surface area contributed by atoms with Gasteiger partial charge < -0.3 is 5.11 Å². The van der Waals surface area contributed by atoms with Gasteiger partial charge in [-0.05, 0) is 12.8 Å². The molecule has 1 rings (SSSR count). The highest BCUT2D eigenvalue weighted by molar-refractivity contribution is 4.71. The molecule has 0 spiro atoms. The second-order valence-corrected chi connectivity index (χ2v) is 2.72. The second kappa shape index (κ2) is 3.16. The van der Waals surface area contributed by atoms with E-state index in [0.717, 1.165) is 19.3 Å². The Kier molecular flexibility index (Phi) is 2.46. The van der Waals surface area contributed by atoms with E-state index in [2.05, 4.69) is 0 Å². The number of hydrogen-bond donors (Lipinski definition) is 1. The highest BCUT2D eigenvalue weighted by atomic mass is 19.1. The molecular weight excluding hydrogens is 119 g/mol. The molecule has 2 atom stereocenters. The van der Waals surface area contributed by atoms with Gasteiger partial charge in [-0.2, -0.15) is 0 Å². The smallest absolute Gasteiger partial charge is 0.126 e. The first-order valence-electron chi connectivity index (χ1n) is 3.63. The monoisotopic (exact) mass is 132 g/mol. The van der Waals surface area contributed by atoms with Crippen LogP contribution in [0, 0.1) is 0 Å². The summed E-state index contributed by atoms with van der Waals surface area (Å²) in [7, 11) is 0. The molecule has 9 heavy (non-hydrogen) atoms. The standard InChI is InChI=1S/C7H13FO/c8-6-4-2-1-3-5-7(6)9/h6-7,9H,1-5H2/t6-,7-/m0/s1. The Bertz CT molecular complexity index is 75.0. The topological polar surface area (TPSA) is 20.2 Å². The molecule has 1 aliphatic rings. The van der Waals surface area contributed by atoms with Gasteiger partial charge in [-0.1, -0.05) is 19.3 Å². The van der Waals surface area contributed by atoms with Crippen molar-refractivity contribution in [2.24, 2.45) is 0 Å². The van der Waals surface area contributed by atoms with Gasteiger partial charge in [-0.25, -0.2) is 4.39 Å². The summed E-state index contributed by atoms with van der Waals surface area (Å²) >= 11 is 0. The first kappa shape index (κ1) is 7.00. The number of aliphatic hydroxyl groups is 1. The molecule has 1 saturated carbocycles. The largest absolute Gasteiger partial charge is 0.390 e. The van der Waals surface area contributed by atoms with Crippen LogP contribution >= 0.6 is 0 Å². The second-order valence-electron chi connectivity index (χ2n) is 2.72. The lowest BCUT2D eigenvalue weighted by Crippen LogP contribution is -2.19. The van der Waals surface area contributed by atoms with Crippen LogP contribution in [-0.4, -0.2) is 17.4 Å². The first-order chi connectivity index (χ1) is 4.30. The summed E-state index contributed by atoms with van der Waals surface area (Å²) in [5.41, 5.74) is 0. The lowest BCUT2D eigenvalue weighted by molar-refractivity contribution is 0.0724. The summed E-state index contributed by atoms with van der Waals surface area (Å²) in [5.74, 6) is 0. The molecule has 1 aliphatic carbocycles. The molecule has 0 bridgehead atoms. The van der Waals surface area contributed by atoms with Crippen LogP contribution in [-0.2, 0) is 0 Å². The quantitative estimate of drug-likeness (QED) is 0.497. The number of halogens is 1. The summed E-state index contributed by atoms with van der Waals surface area (Å²) in [6.07, 6.45) is 2.60. The van der Waals surface area contributed by atoms with Crippen LogP contribution in [0.1, 0.15) is 32.1 Å². The van der Waals surface area contributed by atoms with Crippen molar-refractivity contribution in [1.82, 2.24) is 0 Å². The van der Waals surface area contributed by atoms with Crippen molar-refractivity contribution in [3.8, 4) is 0 Å². The molecule has 0 saturated heterocycles. The third-order valence-electron chi connectivity index (χ3n) is 1.90. The van der Waals surface area contributed by atoms with Gasteiger partial charge in [0, 0.05) is 0 Å². The molecule has 0 aromatic rings. The molecule has 0 aliphatic heterocycles. The average molecular weight is 132 g/mol. The van der Waals surface area contributed by atoms with E-state index in [-0.39, 0.29) is 0 Å². The van der Waals surface area contributed by atoms with E-state index in [1.165, 1.54) is 0 Å². The molecule has 0 unspecified atom stereocenters. The van der Waals surface area contributed by atoms with Crippen LogP contribution in [0.15, 0.2) is 0 Å². The molecule has 0 aromatic carbocycles. The Morgan fingerprint density at radius 3 is 2.56 bits per heavy atom. The molecule has 2 heteroatoms. The van der Waals surface area contributed by atoms with E-state index in [1.807, 2.05) is 0 Å². The summed E-state index contributed by atoms with van der Waals surface area (Å²) < 4.78 is 12.6. The van der Waals surface area contributed by atoms with Gasteiger partial charge in [0.15, 0.2) is 0 Å². The number of hydrogen-bond acceptors (Lipinski definition) is 1. The molecule has 1 N–H and O–H groups in total. The van der Waals surface area contributed by atoms with Crippen LogP contribution in [0.3, 0.4) is 0 Å². The third kappa shape index (κ3) is 1.94. The highest BCUT2D eigenvalue weighted by Crippen LogP contribution is 2.19.